The highest BCUT2D eigenvalue weighted by Gasteiger charge is 2.36. The van der Waals surface area contributed by atoms with Gasteiger partial charge in [-0.25, -0.2) is 0 Å². The van der Waals surface area contributed by atoms with Crippen LogP contribution in [0.15, 0.2) is 18.2 Å². The number of hydrogen-bond donors (Lipinski definition) is 1. The third-order valence-corrected chi connectivity index (χ3v) is 4.70. The summed E-state index contributed by atoms with van der Waals surface area (Å²) in [7, 11) is 0. The molecule has 1 aromatic carbocycles. The van der Waals surface area contributed by atoms with Crippen LogP contribution >= 0.6 is 0 Å². The van der Waals surface area contributed by atoms with E-state index in [9.17, 15) is 14.4 Å². The molecular weight excluding hydrogens is 388 g/mol. The third kappa shape index (κ3) is 6.37. The summed E-state index contributed by atoms with van der Waals surface area (Å²) in [6.45, 7) is 9.56. The fraction of sp³-hybridized carbons (Fsp3) is 0.591. The number of ether oxygens (including phenoxy) is 3. The number of benzene rings is 1. The van der Waals surface area contributed by atoms with Crippen LogP contribution in [-0.4, -0.2) is 61.6 Å². The van der Waals surface area contributed by atoms with Crippen LogP contribution in [0.25, 0.3) is 0 Å². The highest BCUT2D eigenvalue weighted by molar-refractivity contribution is 6.01. The quantitative estimate of drug-likeness (QED) is 0.584. The number of nitrogens with zero attached hydrogens (tertiary/aromatic N) is 1. The van der Waals surface area contributed by atoms with E-state index in [1.807, 2.05) is 27.7 Å². The fourth-order valence-corrected chi connectivity index (χ4v) is 3.15. The van der Waals surface area contributed by atoms with Gasteiger partial charge in [-0.2, -0.15) is 0 Å². The lowest BCUT2D eigenvalue weighted by atomic mass is 10.1. The Kier molecular flexibility index (Phi) is 8.95. The molecule has 0 aliphatic carbocycles. The first-order chi connectivity index (χ1) is 14.4. The number of rotatable bonds is 10. The highest BCUT2D eigenvalue weighted by Crippen LogP contribution is 2.28. The molecule has 0 spiro atoms. The van der Waals surface area contributed by atoms with Crippen molar-refractivity contribution >= 4 is 17.8 Å². The van der Waals surface area contributed by atoms with Crippen molar-refractivity contribution in [1.82, 2.24) is 10.2 Å². The minimum absolute atomic E-state index is 0.184. The third-order valence-electron chi connectivity index (χ3n) is 4.70. The van der Waals surface area contributed by atoms with Crippen LogP contribution in [0.3, 0.4) is 0 Å². The molecule has 0 saturated carbocycles. The van der Waals surface area contributed by atoms with Crippen LogP contribution in [0.1, 0.15) is 50.9 Å². The second-order valence-corrected chi connectivity index (χ2v) is 7.44. The van der Waals surface area contributed by atoms with Gasteiger partial charge < -0.3 is 24.4 Å². The minimum Gasteiger partial charge on any atom is -0.494 e. The highest BCUT2D eigenvalue weighted by atomic mass is 16.5. The molecule has 1 aliphatic heterocycles. The van der Waals surface area contributed by atoms with Gasteiger partial charge in [-0.3, -0.25) is 14.4 Å². The molecule has 0 aromatic heterocycles. The van der Waals surface area contributed by atoms with Gasteiger partial charge in [0.25, 0.3) is 5.91 Å². The van der Waals surface area contributed by atoms with Gasteiger partial charge in [0.1, 0.15) is 17.5 Å². The Hall–Kier alpha value is -2.77. The Morgan fingerprint density at radius 3 is 2.60 bits per heavy atom. The van der Waals surface area contributed by atoms with E-state index >= 15 is 0 Å². The van der Waals surface area contributed by atoms with Gasteiger partial charge >= 0.3 is 5.97 Å². The van der Waals surface area contributed by atoms with Crippen molar-refractivity contribution < 1.29 is 28.6 Å². The van der Waals surface area contributed by atoms with Crippen molar-refractivity contribution in [3.05, 3.63) is 23.8 Å². The first kappa shape index (κ1) is 23.5. The van der Waals surface area contributed by atoms with Crippen LogP contribution in [-0.2, 0) is 14.3 Å². The molecule has 2 rings (SSSR count). The number of carbonyl (C=O) groups excluding carboxylic acids is 3. The number of piperazine rings is 1. The Bertz CT molecular complexity index is 749. The molecule has 1 aromatic rings. The van der Waals surface area contributed by atoms with E-state index < -0.39 is 12.0 Å². The molecule has 1 aliphatic rings. The van der Waals surface area contributed by atoms with Gasteiger partial charge in [-0.1, -0.05) is 13.8 Å². The topological polar surface area (TPSA) is 94.2 Å². The molecule has 0 radical (unpaired) electrons. The second-order valence-electron chi connectivity index (χ2n) is 7.44. The van der Waals surface area contributed by atoms with Crippen molar-refractivity contribution in [3.8, 4) is 11.5 Å². The minimum atomic E-state index is -0.918. The molecule has 0 bridgehead atoms. The lowest BCUT2D eigenvalue weighted by molar-refractivity contribution is -0.148. The summed E-state index contributed by atoms with van der Waals surface area (Å²) >= 11 is 0. The number of esters is 1. The molecule has 1 fully saturated rings. The fourth-order valence-electron chi connectivity index (χ4n) is 3.15. The Morgan fingerprint density at radius 1 is 1.20 bits per heavy atom. The zero-order chi connectivity index (χ0) is 22.1. The van der Waals surface area contributed by atoms with E-state index in [0.717, 1.165) is 6.42 Å². The maximum atomic E-state index is 13.3. The predicted octanol–water partition coefficient (Wildman–Crippen LogP) is 2.40. The van der Waals surface area contributed by atoms with Gasteiger partial charge in [-0.15, -0.1) is 0 Å². The van der Waals surface area contributed by atoms with Crippen molar-refractivity contribution in [2.75, 3.05) is 32.9 Å². The lowest BCUT2D eigenvalue weighted by Crippen LogP contribution is -2.57. The average molecular weight is 421 g/mol. The summed E-state index contributed by atoms with van der Waals surface area (Å²) in [5.74, 6) is 0.172. The monoisotopic (exact) mass is 420 g/mol. The van der Waals surface area contributed by atoms with Crippen LogP contribution in [0.5, 0.6) is 11.5 Å². The van der Waals surface area contributed by atoms with Gasteiger partial charge in [0.2, 0.25) is 5.91 Å². The standard InChI is InChI=1S/C22H32N2O6/c1-5-28-16-7-8-17(19(13-16)29-6-2)22(27)24-11-10-23-21(26)18(24)14-20(25)30-12-9-15(3)4/h7-8,13,15,18H,5-6,9-12,14H2,1-4H3,(H,23,26). The number of amides is 2. The molecule has 8 heteroatoms. The molecule has 1 saturated heterocycles. The molecule has 2 amide bonds. The zero-order valence-electron chi connectivity index (χ0n) is 18.2. The van der Waals surface area contributed by atoms with Crippen LogP contribution in [0.2, 0.25) is 0 Å². The Morgan fingerprint density at radius 2 is 1.93 bits per heavy atom. The summed E-state index contributed by atoms with van der Waals surface area (Å²) in [5, 5.41) is 2.72. The van der Waals surface area contributed by atoms with Gasteiger partial charge in [0.15, 0.2) is 0 Å². The Balaban J connectivity index is 2.18. The summed E-state index contributed by atoms with van der Waals surface area (Å²) < 4.78 is 16.4. The number of hydrogen-bond acceptors (Lipinski definition) is 6. The van der Waals surface area contributed by atoms with Crippen LogP contribution in [0.4, 0.5) is 0 Å². The van der Waals surface area contributed by atoms with Crippen molar-refractivity contribution in [2.24, 2.45) is 5.92 Å². The van der Waals surface area contributed by atoms with Crippen LogP contribution < -0.4 is 14.8 Å². The first-order valence-electron chi connectivity index (χ1n) is 10.5. The molecule has 30 heavy (non-hydrogen) atoms. The van der Waals surface area contributed by atoms with Crippen molar-refractivity contribution in [2.45, 2.75) is 46.6 Å². The normalized spacial score (nSPS) is 16.2. The molecular formula is C22H32N2O6. The molecule has 166 valence electrons. The van der Waals surface area contributed by atoms with Gasteiger partial charge in [0, 0.05) is 19.2 Å². The van der Waals surface area contributed by atoms with Crippen LogP contribution in [0, 0.1) is 5.92 Å². The number of nitrogens with one attached hydrogen (secondary N) is 1. The molecule has 8 nitrogen and oxygen atoms in total. The predicted molar refractivity (Wildman–Crippen MR) is 112 cm³/mol. The summed E-state index contributed by atoms with van der Waals surface area (Å²) in [5.41, 5.74) is 0.327. The van der Waals surface area contributed by atoms with E-state index in [1.54, 1.807) is 18.2 Å². The smallest absolute Gasteiger partial charge is 0.308 e. The van der Waals surface area contributed by atoms with E-state index in [2.05, 4.69) is 5.32 Å². The summed E-state index contributed by atoms with van der Waals surface area (Å²) in [6.07, 6.45) is 0.561. The maximum Gasteiger partial charge on any atom is 0.308 e. The number of carbonyl (C=O) groups is 3. The van der Waals surface area contributed by atoms with E-state index in [4.69, 9.17) is 14.2 Å². The maximum absolute atomic E-state index is 13.3. The summed E-state index contributed by atoms with van der Waals surface area (Å²) in [6, 6.07) is 4.07. The molecule has 1 heterocycles. The summed E-state index contributed by atoms with van der Waals surface area (Å²) in [4.78, 5) is 39.4. The van der Waals surface area contributed by atoms with E-state index in [0.29, 0.717) is 55.9 Å². The lowest BCUT2D eigenvalue weighted by Gasteiger charge is -2.35. The van der Waals surface area contributed by atoms with Crippen molar-refractivity contribution in [3.63, 3.8) is 0 Å². The Labute approximate surface area is 177 Å². The van der Waals surface area contributed by atoms with E-state index in [1.165, 1.54) is 4.90 Å². The first-order valence-corrected chi connectivity index (χ1v) is 10.5. The van der Waals surface area contributed by atoms with Gasteiger partial charge in [0.05, 0.1) is 31.8 Å². The molecule has 1 atom stereocenters. The molecule has 1 unspecified atom stereocenters. The molecule has 1 N–H and O–H groups in total. The van der Waals surface area contributed by atoms with E-state index in [-0.39, 0.29) is 18.2 Å². The largest absolute Gasteiger partial charge is 0.494 e. The average Bonchev–Trinajstić information content (AvgIpc) is 2.69. The zero-order valence-corrected chi connectivity index (χ0v) is 18.2. The van der Waals surface area contributed by atoms with Gasteiger partial charge in [-0.05, 0) is 38.3 Å². The second kappa shape index (κ2) is 11.4. The SMILES string of the molecule is CCOc1ccc(C(=O)N2CCNC(=O)C2CC(=O)OCCC(C)C)c(OCC)c1. The van der Waals surface area contributed by atoms with Crippen molar-refractivity contribution in [1.29, 1.82) is 0 Å².